The van der Waals surface area contributed by atoms with E-state index in [4.69, 9.17) is 16.3 Å². The molecule has 1 aromatic rings. The lowest BCUT2D eigenvalue weighted by Crippen LogP contribution is -1.92. The Morgan fingerprint density at radius 1 is 1.21 bits per heavy atom. The third-order valence-electron chi connectivity index (χ3n) is 1.78. The number of hydrogen-bond donors (Lipinski definition) is 0. The molecular formula is C12H15ClO. The maximum Gasteiger partial charge on any atom is 0.119 e. The predicted molar refractivity (Wildman–Crippen MR) is 61.0 cm³/mol. The van der Waals surface area contributed by atoms with E-state index in [1.807, 2.05) is 30.3 Å². The minimum absolute atomic E-state index is 0.627. The molecule has 0 atom stereocenters. The van der Waals surface area contributed by atoms with Gasteiger partial charge < -0.3 is 4.74 Å². The number of halogens is 1. The van der Waals surface area contributed by atoms with Gasteiger partial charge in [0.2, 0.25) is 0 Å². The number of unbranched alkanes of at least 4 members (excludes halogenated alkanes) is 1. The normalized spacial score (nSPS) is 10.7. The molecule has 0 spiro atoms. The van der Waals surface area contributed by atoms with Gasteiger partial charge in [0.25, 0.3) is 0 Å². The van der Waals surface area contributed by atoms with Gasteiger partial charge >= 0.3 is 0 Å². The van der Waals surface area contributed by atoms with Crippen LogP contribution in [-0.2, 0) is 0 Å². The van der Waals surface area contributed by atoms with Crippen molar-refractivity contribution in [1.82, 2.24) is 0 Å². The molecule has 76 valence electrons. The van der Waals surface area contributed by atoms with Gasteiger partial charge in [-0.2, -0.15) is 0 Å². The average molecular weight is 211 g/mol. The summed E-state index contributed by atoms with van der Waals surface area (Å²) in [7, 11) is 0. The molecule has 0 aliphatic heterocycles. The summed E-state index contributed by atoms with van der Waals surface area (Å²) in [5, 5.41) is 0.735. The van der Waals surface area contributed by atoms with Crippen LogP contribution in [0.2, 0.25) is 5.02 Å². The second-order valence-corrected chi connectivity index (χ2v) is 3.46. The zero-order chi connectivity index (χ0) is 10.2. The lowest BCUT2D eigenvalue weighted by atomic mass is 10.3. The summed E-state index contributed by atoms with van der Waals surface area (Å²) in [5.41, 5.74) is 0. The molecule has 1 nitrogen and oxygen atoms in total. The van der Waals surface area contributed by atoms with Crippen LogP contribution in [0.15, 0.2) is 36.4 Å². The Hall–Kier alpha value is -0.950. The maximum atomic E-state index is 5.74. The first-order chi connectivity index (χ1) is 6.83. The molecule has 0 radical (unpaired) electrons. The number of hydrogen-bond acceptors (Lipinski definition) is 1. The van der Waals surface area contributed by atoms with Crippen LogP contribution in [-0.4, -0.2) is 6.61 Å². The molecule has 0 bridgehead atoms. The summed E-state index contributed by atoms with van der Waals surface area (Å²) in [6.07, 6.45) is 6.47. The van der Waals surface area contributed by atoms with E-state index in [-0.39, 0.29) is 0 Å². The zero-order valence-corrected chi connectivity index (χ0v) is 9.13. The van der Waals surface area contributed by atoms with Gasteiger partial charge in [0, 0.05) is 5.02 Å². The van der Waals surface area contributed by atoms with Crippen LogP contribution >= 0.6 is 11.6 Å². The summed E-state index contributed by atoms with van der Waals surface area (Å²) in [6.45, 7) is 2.78. The summed E-state index contributed by atoms with van der Waals surface area (Å²) < 4.78 is 5.46. The number of allylic oxidation sites excluding steroid dienone is 1. The molecule has 0 aliphatic carbocycles. The van der Waals surface area contributed by atoms with Gasteiger partial charge in [-0.3, -0.25) is 0 Å². The molecule has 2 heteroatoms. The van der Waals surface area contributed by atoms with Crippen molar-refractivity contribution < 1.29 is 4.74 Å². The van der Waals surface area contributed by atoms with E-state index in [1.165, 1.54) is 6.42 Å². The van der Waals surface area contributed by atoms with Gasteiger partial charge in [-0.15, -0.1) is 0 Å². The summed E-state index contributed by atoms with van der Waals surface area (Å²) >= 11 is 5.74. The summed E-state index contributed by atoms with van der Waals surface area (Å²) in [5.74, 6) is 0.857. The molecule has 0 unspecified atom stereocenters. The van der Waals surface area contributed by atoms with E-state index in [1.54, 1.807) is 0 Å². The first-order valence-corrected chi connectivity index (χ1v) is 5.24. The van der Waals surface area contributed by atoms with Crippen molar-refractivity contribution in [1.29, 1.82) is 0 Å². The van der Waals surface area contributed by atoms with Crippen LogP contribution in [0.3, 0.4) is 0 Å². The van der Waals surface area contributed by atoms with Crippen molar-refractivity contribution in [2.24, 2.45) is 0 Å². The van der Waals surface area contributed by atoms with E-state index in [9.17, 15) is 0 Å². The lowest BCUT2D eigenvalue weighted by Gasteiger charge is -2.02. The highest BCUT2D eigenvalue weighted by Crippen LogP contribution is 2.15. The largest absolute Gasteiger partial charge is 0.490 e. The number of benzene rings is 1. The van der Waals surface area contributed by atoms with Crippen molar-refractivity contribution in [3.05, 3.63) is 41.4 Å². The fourth-order valence-electron chi connectivity index (χ4n) is 1.03. The van der Waals surface area contributed by atoms with Gasteiger partial charge in [-0.05, 0) is 30.7 Å². The molecule has 14 heavy (non-hydrogen) atoms. The number of ether oxygens (including phenoxy) is 1. The van der Waals surface area contributed by atoms with Crippen molar-refractivity contribution in [3.8, 4) is 5.75 Å². The van der Waals surface area contributed by atoms with Crippen molar-refractivity contribution in [3.63, 3.8) is 0 Å². The Morgan fingerprint density at radius 2 is 1.93 bits per heavy atom. The topological polar surface area (TPSA) is 9.23 Å². The van der Waals surface area contributed by atoms with Gasteiger partial charge in [0.15, 0.2) is 0 Å². The molecule has 1 rings (SSSR count). The van der Waals surface area contributed by atoms with Crippen LogP contribution in [0.25, 0.3) is 0 Å². The van der Waals surface area contributed by atoms with E-state index in [0.717, 1.165) is 17.2 Å². The molecule has 0 aliphatic rings. The summed E-state index contributed by atoms with van der Waals surface area (Å²) in [6, 6.07) is 7.39. The molecule has 0 heterocycles. The van der Waals surface area contributed by atoms with Crippen molar-refractivity contribution in [2.45, 2.75) is 19.8 Å². The fourth-order valence-corrected chi connectivity index (χ4v) is 1.15. The third kappa shape index (κ3) is 4.33. The number of rotatable bonds is 5. The minimum atomic E-state index is 0.627. The molecule has 0 aromatic heterocycles. The van der Waals surface area contributed by atoms with Crippen LogP contribution in [0.4, 0.5) is 0 Å². The molecule has 1 aromatic carbocycles. The van der Waals surface area contributed by atoms with E-state index in [0.29, 0.717) is 6.61 Å². The average Bonchev–Trinajstić information content (AvgIpc) is 2.21. The molecule has 0 amide bonds. The molecule has 0 N–H and O–H groups in total. The van der Waals surface area contributed by atoms with Crippen LogP contribution in [0.1, 0.15) is 19.8 Å². The SMILES string of the molecule is CCC/C=C/COc1ccc(Cl)cc1. The van der Waals surface area contributed by atoms with Gasteiger partial charge in [0.1, 0.15) is 12.4 Å². The van der Waals surface area contributed by atoms with Crippen LogP contribution in [0.5, 0.6) is 5.75 Å². The third-order valence-corrected chi connectivity index (χ3v) is 2.03. The smallest absolute Gasteiger partial charge is 0.119 e. The zero-order valence-electron chi connectivity index (χ0n) is 8.37. The van der Waals surface area contributed by atoms with Crippen molar-refractivity contribution >= 4 is 11.6 Å². The Morgan fingerprint density at radius 3 is 2.57 bits per heavy atom. The molecule has 0 saturated heterocycles. The van der Waals surface area contributed by atoms with Gasteiger partial charge in [-0.25, -0.2) is 0 Å². The highest BCUT2D eigenvalue weighted by Gasteiger charge is 1.90. The minimum Gasteiger partial charge on any atom is -0.490 e. The Bertz CT molecular complexity index is 277. The lowest BCUT2D eigenvalue weighted by molar-refractivity contribution is 0.362. The summed E-state index contributed by atoms with van der Waals surface area (Å²) in [4.78, 5) is 0. The maximum absolute atomic E-state index is 5.74. The molecular weight excluding hydrogens is 196 g/mol. The highest BCUT2D eigenvalue weighted by molar-refractivity contribution is 6.30. The predicted octanol–water partition coefficient (Wildman–Crippen LogP) is 4.08. The van der Waals surface area contributed by atoms with Gasteiger partial charge in [-0.1, -0.05) is 37.1 Å². The second-order valence-electron chi connectivity index (χ2n) is 3.03. The standard InChI is InChI=1S/C12H15ClO/c1-2-3-4-5-10-14-12-8-6-11(13)7-9-12/h4-9H,2-3,10H2,1H3/b5-4+. The molecule has 0 saturated carbocycles. The van der Waals surface area contributed by atoms with Crippen LogP contribution < -0.4 is 4.74 Å². The highest BCUT2D eigenvalue weighted by atomic mass is 35.5. The monoisotopic (exact) mass is 210 g/mol. The van der Waals surface area contributed by atoms with E-state index < -0.39 is 0 Å². The Balaban J connectivity index is 2.28. The Kier molecular flexibility index (Phi) is 5.16. The van der Waals surface area contributed by atoms with E-state index in [2.05, 4.69) is 13.0 Å². The first-order valence-electron chi connectivity index (χ1n) is 4.86. The first kappa shape index (κ1) is 11.1. The van der Waals surface area contributed by atoms with Crippen LogP contribution in [0, 0.1) is 0 Å². The van der Waals surface area contributed by atoms with E-state index >= 15 is 0 Å². The Labute approximate surface area is 90.3 Å². The van der Waals surface area contributed by atoms with Gasteiger partial charge in [0.05, 0.1) is 0 Å². The van der Waals surface area contributed by atoms with Crippen molar-refractivity contribution in [2.75, 3.05) is 6.61 Å². The quantitative estimate of drug-likeness (QED) is 0.666. The fraction of sp³-hybridized carbons (Fsp3) is 0.333. The second kappa shape index (κ2) is 6.50. The molecule has 0 fully saturated rings.